The maximum Gasteiger partial charge on any atom is 0.244 e. The van der Waals surface area contributed by atoms with Crippen molar-refractivity contribution >= 4 is 27.5 Å². The standard InChI is InChI=1S/C28H32FN3O4S/c1-4-30-28(34)26(18-22-11-6-5-7-12-22)31(19-23-14-16-24(29)17-15-23)27(33)20-32(37(3,35)36)25-13-9-8-10-21(25)2/h5-17,26H,4,18-20H2,1-3H3,(H,30,34). The molecule has 0 bridgehead atoms. The third-order valence-electron chi connectivity index (χ3n) is 5.95. The summed E-state index contributed by atoms with van der Waals surface area (Å²) in [6, 6.07) is 20.9. The number of hydrogen-bond acceptors (Lipinski definition) is 4. The number of aryl methyl sites for hydroxylation is 1. The number of nitrogens with zero attached hydrogens (tertiary/aromatic N) is 2. The molecule has 3 rings (SSSR count). The second-order valence-electron chi connectivity index (χ2n) is 8.80. The summed E-state index contributed by atoms with van der Waals surface area (Å²) in [5, 5.41) is 2.80. The minimum Gasteiger partial charge on any atom is -0.355 e. The van der Waals surface area contributed by atoms with Gasteiger partial charge in [0, 0.05) is 19.5 Å². The van der Waals surface area contributed by atoms with Gasteiger partial charge in [0.25, 0.3) is 0 Å². The van der Waals surface area contributed by atoms with Gasteiger partial charge in [-0.3, -0.25) is 13.9 Å². The summed E-state index contributed by atoms with van der Waals surface area (Å²) < 4.78 is 40.2. The van der Waals surface area contributed by atoms with Gasteiger partial charge >= 0.3 is 0 Å². The Labute approximate surface area is 218 Å². The monoisotopic (exact) mass is 525 g/mol. The second kappa shape index (κ2) is 12.5. The van der Waals surface area contributed by atoms with E-state index < -0.39 is 34.3 Å². The fourth-order valence-electron chi connectivity index (χ4n) is 4.07. The predicted octanol–water partition coefficient (Wildman–Crippen LogP) is 3.68. The number of likely N-dealkylation sites (N-methyl/N-ethyl adjacent to an activating group) is 1. The molecule has 0 saturated heterocycles. The molecule has 3 aromatic carbocycles. The molecule has 0 aromatic heterocycles. The van der Waals surface area contributed by atoms with Crippen LogP contribution in [0.5, 0.6) is 0 Å². The van der Waals surface area contributed by atoms with E-state index in [-0.39, 0.29) is 18.9 Å². The highest BCUT2D eigenvalue weighted by Crippen LogP contribution is 2.23. The Hall–Kier alpha value is -3.72. The summed E-state index contributed by atoms with van der Waals surface area (Å²) in [5.74, 6) is -1.33. The molecule has 1 N–H and O–H groups in total. The van der Waals surface area contributed by atoms with Gasteiger partial charge in [-0.15, -0.1) is 0 Å². The Kier molecular flexibility index (Phi) is 9.41. The average Bonchev–Trinajstić information content (AvgIpc) is 2.86. The van der Waals surface area contributed by atoms with Crippen molar-refractivity contribution in [1.29, 1.82) is 0 Å². The van der Waals surface area contributed by atoms with E-state index in [0.717, 1.165) is 16.1 Å². The summed E-state index contributed by atoms with van der Waals surface area (Å²) in [6.45, 7) is 3.42. The Balaban J connectivity index is 2.04. The summed E-state index contributed by atoms with van der Waals surface area (Å²) in [7, 11) is -3.83. The number of rotatable bonds is 11. The number of anilines is 1. The number of nitrogens with one attached hydrogen (secondary N) is 1. The third-order valence-corrected chi connectivity index (χ3v) is 7.08. The highest BCUT2D eigenvalue weighted by Gasteiger charge is 2.33. The third kappa shape index (κ3) is 7.63. The number of sulfonamides is 1. The molecule has 0 radical (unpaired) electrons. The van der Waals surface area contributed by atoms with E-state index in [1.165, 1.54) is 17.0 Å². The van der Waals surface area contributed by atoms with Gasteiger partial charge in [-0.25, -0.2) is 12.8 Å². The number of carbonyl (C=O) groups excluding carboxylic acids is 2. The van der Waals surface area contributed by atoms with Crippen LogP contribution >= 0.6 is 0 Å². The number of para-hydroxylation sites is 1. The molecule has 37 heavy (non-hydrogen) atoms. The van der Waals surface area contributed by atoms with Gasteiger partial charge in [0.1, 0.15) is 18.4 Å². The molecule has 0 fully saturated rings. The van der Waals surface area contributed by atoms with Crippen molar-refractivity contribution in [2.75, 3.05) is 23.7 Å². The first-order chi connectivity index (χ1) is 17.6. The van der Waals surface area contributed by atoms with E-state index in [1.54, 1.807) is 50.2 Å². The molecule has 0 saturated carbocycles. The molecule has 0 heterocycles. The molecule has 196 valence electrons. The molecular formula is C28H32FN3O4S. The smallest absolute Gasteiger partial charge is 0.244 e. The highest BCUT2D eigenvalue weighted by atomic mass is 32.2. The van der Waals surface area contributed by atoms with Crippen LogP contribution in [0.4, 0.5) is 10.1 Å². The van der Waals surface area contributed by atoms with Crippen LogP contribution in [0.3, 0.4) is 0 Å². The second-order valence-corrected chi connectivity index (χ2v) is 10.7. The minimum absolute atomic E-state index is 0.000871. The maximum absolute atomic E-state index is 13.9. The molecule has 2 amide bonds. The summed E-state index contributed by atoms with van der Waals surface area (Å²) >= 11 is 0. The van der Waals surface area contributed by atoms with Gasteiger partial charge in [0.05, 0.1) is 11.9 Å². The van der Waals surface area contributed by atoms with Crippen molar-refractivity contribution in [3.05, 3.63) is 101 Å². The lowest BCUT2D eigenvalue weighted by Crippen LogP contribution is -2.53. The number of carbonyl (C=O) groups is 2. The molecule has 3 aromatic rings. The predicted molar refractivity (Wildman–Crippen MR) is 143 cm³/mol. The molecule has 0 spiro atoms. The van der Waals surface area contributed by atoms with Crippen molar-refractivity contribution in [3.63, 3.8) is 0 Å². The van der Waals surface area contributed by atoms with E-state index >= 15 is 0 Å². The molecular weight excluding hydrogens is 493 g/mol. The van der Waals surface area contributed by atoms with Crippen molar-refractivity contribution in [2.24, 2.45) is 0 Å². The molecule has 7 nitrogen and oxygen atoms in total. The van der Waals surface area contributed by atoms with Crippen LogP contribution in [0.15, 0.2) is 78.9 Å². The van der Waals surface area contributed by atoms with Crippen molar-refractivity contribution in [2.45, 2.75) is 32.9 Å². The molecule has 0 aliphatic carbocycles. The van der Waals surface area contributed by atoms with Crippen LogP contribution in [0.2, 0.25) is 0 Å². The first kappa shape index (κ1) is 27.9. The molecule has 1 atom stereocenters. The fourth-order valence-corrected chi connectivity index (χ4v) is 4.98. The van der Waals surface area contributed by atoms with Crippen LogP contribution in [0, 0.1) is 12.7 Å². The summed E-state index contributed by atoms with van der Waals surface area (Å²) in [6.07, 6.45) is 1.27. The van der Waals surface area contributed by atoms with Gasteiger partial charge in [-0.2, -0.15) is 0 Å². The molecule has 0 aliphatic rings. The number of halogens is 1. The largest absolute Gasteiger partial charge is 0.355 e. The van der Waals surface area contributed by atoms with E-state index in [0.29, 0.717) is 23.4 Å². The summed E-state index contributed by atoms with van der Waals surface area (Å²) in [4.78, 5) is 28.5. The SMILES string of the molecule is CCNC(=O)C(Cc1ccccc1)N(Cc1ccc(F)cc1)C(=O)CN(c1ccccc1C)S(C)(=O)=O. The van der Waals surface area contributed by atoms with Crippen molar-refractivity contribution in [3.8, 4) is 0 Å². The Morgan fingerprint density at radius 3 is 2.14 bits per heavy atom. The van der Waals surface area contributed by atoms with Gasteiger partial charge in [-0.1, -0.05) is 60.7 Å². The highest BCUT2D eigenvalue weighted by molar-refractivity contribution is 7.92. The van der Waals surface area contributed by atoms with Crippen molar-refractivity contribution in [1.82, 2.24) is 10.2 Å². The zero-order valence-corrected chi connectivity index (χ0v) is 22.0. The Bertz CT molecular complexity index is 1310. The number of benzene rings is 3. The van der Waals surface area contributed by atoms with Crippen LogP contribution in [0.1, 0.15) is 23.6 Å². The molecule has 0 aliphatic heterocycles. The van der Waals surface area contributed by atoms with Crippen LogP contribution in [-0.2, 0) is 32.6 Å². The van der Waals surface area contributed by atoms with E-state index in [9.17, 15) is 22.4 Å². The average molecular weight is 526 g/mol. The normalized spacial score (nSPS) is 12.0. The van der Waals surface area contributed by atoms with Crippen LogP contribution < -0.4 is 9.62 Å². The van der Waals surface area contributed by atoms with Gasteiger partial charge in [0.2, 0.25) is 21.8 Å². The van der Waals surface area contributed by atoms with Crippen molar-refractivity contribution < 1.29 is 22.4 Å². The van der Waals surface area contributed by atoms with E-state index in [4.69, 9.17) is 0 Å². The molecule has 1 unspecified atom stereocenters. The Morgan fingerprint density at radius 1 is 0.919 bits per heavy atom. The lowest BCUT2D eigenvalue weighted by atomic mass is 10.0. The lowest BCUT2D eigenvalue weighted by Gasteiger charge is -2.33. The minimum atomic E-state index is -3.83. The number of hydrogen-bond donors (Lipinski definition) is 1. The van der Waals surface area contributed by atoms with Gasteiger partial charge in [0.15, 0.2) is 0 Å². The quantitative estimate of drug-likeness (QED) is 0.414. The fraction of sp³-hybridized carbons (Fsp3) is 0.286. The topological polar surface area (TPSA) is 86.8 Å². The van der Waals surface area contributed by atoms with E-state index in [2.05, 4.69) is 5.32 Å². The summed E-state index contributed by atoms with van der Waals surface area (Å²) in [5.41, 5.74) is 2.53. The van der Waals surface area contributed by atoms with E-state index in [1.807, 2.05) is 30.3 Å². The maximum atomic E-state index is 13.9. The molecule has 9 heteroatoms. The lowest BCUT2D eigenvalue weighted by molar-refractivity contribution is -0.140. The number of amides is 2. The zero-order chi connectivity index (χ0) is 27.0. The zero-order valence-electron chi connectivity index (χ0n) is 21.2. The Morgan fingerprint density at radius 2 is 1.54 bits per heavy atom. The first-order valence-corrected chi connectivity index (χ1v) is 13.8. The van der Waals surface area contributed by atoms with Gasteiger partial charge < -0.3 is 10.2 Å². The van der Waals surface area contributed by atoms with Gasteiger partial charge in [-0.05, 0) is 48.7 Å². The van der Waals surface area contributed by atoms with Crippen LogP contribution in [0.25, 0.3) is 0 Å². The van der Waals surface area contributed by atoms with Crippen LogP contribution in [-0.4, -0.2) is 50.5 Å². The first-order valence-electron chi connectivity index (χ1n) is 12.0.